The van der Waals surface area contributed by atoms with Gasteiger partial charge in [-0.2, -0.15) is 0 Å². The van der Waals surface area contributed by atoms with Gasteiger partial charge in [0.15, 0.2) is 0 Å². The highest BCUT2D eigenvalue weighted by Crippen LogP contribution is 2.32. The maximum Gasteiger partial charge on any atom is 0.127 e. The Bertz CT molecular complexity index is 704. The monoisotopic (exact) mass is 278 g/mol. The molecule has 0 atom stereocenters. The molecule has 0 saturated heterocycles. The van der Waals surface area contributed by atoms with E-state index in [0.717, 1.165) is 22.6 Å². The molecule has 3 aromatic rings. The topological polar surface area (TPSA) is 51.0 Å². The summed E-state index contributed by atoms with van der Waals surface area (Å²) in [7, 11) is 0. The van der Waals surface area contributed by atoms with Crippen LogP contribution in [0.2, 0.25) is 0 Å². The quantitative estimate of drug-likeness (QED) is 0.748. The predicted octanol–water partition coefficient (Wildman–Crippen LogP) is 3.69. The van der Waals surface area contributed by atoms with Gasteiger partial charge in [-0.05, 0) is 17.7 Å². The van der Waals surface area contributed by atoms with Crippen LogP contribution in [0.5, 0.6) is 5.75 Å². The number of rotatable bonds is 5. The maximum atomic E-state index is 5.72. The van der Waals surface area contributed by atoms with E-state index in [1.54, 1.807) is 0 Å². The van der Waals surface area contributed by atoms with Crippen molar-refractivity contribution in [2.24, 2.45) is 5.73 Å². The van der Waals surface area contributed by atoms with Crippen LogP contribution in [0.1, 0.15) is 0 Å². The smallest absolute Gasteiger partial charge is 0.127 e. The molecule has 1 heterocycles. The Morgan fingerprint density at radius 1 is 0.905 bits per heavy atom. The molecule has 0 saturated carbocycles. The average Bonchev–Trinajstić information content (AvgIpc) is 3.04. The molecule has 3 rings (SSSR count). The highest BCUT2D eigenvalue weighted by molar-refractivity contribution is 5.75. The van der Waals surface area contributed by atoms with E-state index in [2.05, 4.69) is 29.2 Å². The van der Waals surface area contributed by atoms with E-state index >= 15 is 0 Å². The first kappa shape index (κ1) is 13.5. The van der Waals surface area contributed by atoms with Gasteiger partial charge in [0.2, 0.25) is 0 Å². The molecule has 3 heteroatoms. The Balaban J connectivity index is 1.93. The van der Waals surface area contributed by atoms with Crippen LogP contribution in [0.4, 0.5) is 0 Å². The van der Waals surface area contributed by atoms with Gasteiger partial charge in [0.25, 0.3) is 0 Å². The van der Waals surface area contributed by atoms with Gasteiger partial charge in [-0.15, -0.1) is 0 Å². The molecule has 0 fully saturated rings. The molecule has 3 nitrogen and oxygen atoms in total. The number of ether oxygens (including phenoxy) is 1. The maximum absolute atomic E-state index is 5.72. The van der Waals surface area contributed by atoms with Crippen LogP contribution in [0.3, 0.4) is 0 Å². The Morgan fingerprint density at radius 3 is 2.48 bits per heavy atom. The molecule has 106 valence electrons. The van der Waals surface area contributed by atoms with Gasteiger partial charge in [-0.1, -0.05) is 48.5 Å². The summed E-state index contributed by atoms with van der Waals surface area (Å²) >= 11 is 0. The molecule has 3 N–H and O–H groups in total. The van der Waals surface area contributed by atoms with E-state index in [0.29, 0.717) is 13.2 Å². The lowest BCUT2D eigenvalue weighted by Crippen LogP contribution is -2.10. The Kier molecular flexibility index (Phi) is 4.03. The molecule has 0 bridgehead atoms. The first-order valence-corrected chi connectivity index (χ1v) is 7.04. The first-order chi connectivity index (χ1) is 10.4. The van der Waals surface area contributed by atoms with E-state index in [1.165, 1.54) is 5.56 Å². The molecule has 0 aliphatic heterocycles. The van der Waals surface area contributed by atoms with Crippen molar-refractivity contribution < 1.29 is 4.74 Å². The largest absolute Gasteiger partial charge is 0.492 e. The Hall–Kier alpha value is -2.52. The summed E-state index contributed by atoms with van der Waals surface area (Å²) in [6, 6.07) is 20.4. The van der Waals surface area contributed by atoms with Crippen LogP contribution < -0.4 is 10.5 Å². The summed E-state index contributed by atoms with van der Waals surface area (Å²) in [4.78, 5) is 3.32. The van der Waals surface area contributed by atoms with Gasteiger partial charge in [0.05, 0.1) is 0 Å². The summed E-state index contributed by atoms with van der Waals surface area (Å²) in [5, 5.41) is 0. The molecule has 0 aliphatic carbocycles. The zero-order chi connectivity index (χ0) is 14.5. The summed E-state index contributed by atoms with van der Waals surface area (Å²) in [5.41, 5.74) is 9.97. The summed E-state index contributed by atoms with van der Waals surface area (Å²) in [5.74, 6) is 0.863. The minimum Gasteiger partial charge on any atom is -0.492 e. The summed E-state index contributed by atoms with van der Waals surface area (Å²) < 4.78 is 5.72. The van der Waals surface area contributed by atoms with Crippen molar-refractivity contribution in [2.45, 2.75) is 0 Å². The molecular weight excluding hydrogens is 260 g/mol. The molecule has 0 spiro atoms. The van der Waals surface area contributed by atoms with Crippen LogP contribution in [0.25, 0.3) is 22.4 Å². The van der Waals surface area contributed by atoms with Gasteiger partial charge in [-0.25, -0.2) is 0 Å². The highest BCUT2D eigenvalue weighted by Gasteiger charge is 2.08. The number of benzene rings is 2. The second-order valence-corrected chi connectivity index (χ2v) is 4.80. The van der Waals surface area contributed by atoms with Crippen molar-refractivity contribution in [1.29, 1.82) is 0 Å². The number of aromatic amines is 1. The lowest BCUT2D eigenvalue weighted by atomic mass is 10.1. The number of hydrogen-bond donors (Lipinski definition) is 2. The van der Waals surface area contributed by atoms with Crippen LogP contribution in [-0.2, 0) is 0 Å². The second-order valence-electron chi connectivity index (χ2n) is 4.80. The van der Waals surface area contributed by atoms with Crippen molar-refractivity contribution in [3.05, 3.63) is 66.9 Å². The van der Waals surface area contributed by atoms with Crippen LogP contribution in [0.15, 0.2) is 66.9 Å². The third-order valence-corrected chi connectivity index (χ3v) is 3.34. The van der Waals surface area contributed by atoms with Crippen molar-refractivity contribution in [3.63, 3.8) is 0 Å². The van der Waals surface area contributed by atoms with Gasteiger partial charge in [0.1, 0.15) is 12.4 Å². The fourth-order valence-electron chi connectivity index (χ4n) is 2.33. The SMILES string of the molecule is NCCOc1ccccc1-c1c[nH]c(-c2ccccc2)c1. The standard InChI is InChI=1S/C18H18N2O/c19-10-11-21-18-9-5-4-8-16(18)15-12-17(20-13-15)14-6-2-1-3-7-14/h1-9,12-13,20H,10-11,19H2. The first-order valence-electron chi connectivity index (χ1n) is 7.04. The molecule has 0 unspecified atom stereocenters. The van der Waals surface area contributed by atoms with E-state index < -0.39 is 0 Å². The minimum atomic E-state index is 0.511. The number of hydrogen-bond acceptors (Lipinski definition) is 2. The summed E-state index contributed by atoms with van der Waals surface area (Å²) in [6.07, 6.45) is 2.01. The Morgan fingerprint density at radius 2 is 1.67 bits per heavy atom. The van der Waals surface area contributed by atoms with Crippen molar-refractivity contribution >= 4 is 0 Å². The van der Waals surface area contributed by atoms with Gasteiger partial charge in [-0.3, -0.25) is 0 Å². The molecule has 0 radical (unpaired) electrons. The third kappa shape index (κ3) is 2.98. The van der Waals surface area contributed by atoms with Crippen LogP contribution in [-0.4, -0.2) is 18.1 Å². The number of nitrogens with one attached hydrogen (secondary N) is 1. The second kappa shape index (κ2) is 6.29. The number of aromatic nitrogens is 1. The van der Waals surface area contributed by atoms with Gasteiger partial charge < -0.3 is 15.5 Å². The highest BCUT2D eigenvalue weighted by atomic mass is 16.5. The molecule has 0 amide bonds. The molecule has 21 heavy (non-hydrogen) atoms. The number of H-pyrrole nitrogens is 1. The van der Waals surface area contributed by atoms with E-state index in [9.17, 15) is 0 Å². The van der Waals surface area contributed by atoms with Crippen LogP contribution >= 0.6 is 0 Å². The molecule has 2 aromatic carbocycles. The Labute approximate surface area is 124 Å². The van der Waals surface area contributed by atoms with E-state index in [1.807, 2.05) is 42.6 Å². The zero-order valence-electron chi connectivity index (χ0n) is 11.8. The molecule has 0 aliphatic rings. The number of para-hydroxylation sites is 1. The third-order valence-electron chi connectivity index (χ3n) is 3.34. The van der Waals surface area contributed by atoms with Crippen LogP contribution in [0, 0.1) is 0 Å². The summed E-state index contributed by atoms with van der Waals surface area (Å²) in [6.45, 7) is 1.03. The van der Waals surface area contributed by atoms with Gasteiger partial charge in [0, 0.05) is 29.6 Å². The van der Waals surface area contributed by atoms with Crippen molar-refractivity contribution in [1.82, 2.24) is 4.98 Å². The molecule has 1 aromatic heterocycles. The van der Waals surface area contributed by atoms with Gasteiger partial charge >= 0.3 is 0 Å². The fourth-order valence-corrected chi connectivity index (χ4v) is 2.33. The molecular formula is C18H18N2O. The lowest BCUT2D eigenvalue weighted by Gasteiger charge is -2.09. The average molecular weight is 278 g/mol. The van der Waals surface area contributed by atoms with Crippen molar-refractivity contribution in [2.75, 3.05) is 13.2 Å². The minimum absolute atomic E-state index is 0.511. The zero-order valence-corrected chi connectivity index (χ0v) is 11.8. The van der Waals surface area contributed by atoms with E-state index in [4.69, 9.17) is 10.5 Å². The van der Waals surface area contributed by atoms with E-state index in [-0.39, 0.29) is 0 Å². The van der Waals surface area contributed by atoms with Crippen molar-refractivity contribution in [3.8, 4) is 28.1 Å². The normalized spacial score (nSPS) is 10.5. The number of nitrogens with two attached hydrogens (primary N) is 1. The lowest BCUT2D eigenvalue weighted by molar-refractivity contribution is 0.329. The fraction of sp³-hybridized carbons (Fsp3) is 0.111. The predicted molar refractivity (Wildman–Crippen MR) is 86.2 cm³/mol.